The molecule has 0 radical (unpaired) electrons. The summed E-state index contributed by atoms with van der Waals surface area (Å²) in [5, 5.41) is 9.14. The second-order valence-corrected chi connectivity index (χ2v) is 3.69. The maximum absolute atomic E-state index is 11.2. The van der Waals surface area contributed by atoms with E-state index in [1.54, 1.807) is 25.0 Å². The van der Waals surface area contributed by atoms with Crippen molar-refractivity contribution < 1.29 is 14.6 Å². The fourth-order valence-electron chi connectivity index (χ4n) is 1.49. The SMILES string of the molecule is C=CCN(CCOC)c1nc(C)ncc1C(=O)O. The number of nitrogens with zero attached hydrogens (tertiary/aromatic N) is 3. The van der Waals surface area contributed by atoms with Gasteiger partial charge in [-0.2, -0.15) is 0 Å². The van der Waals surface area contributed by atoms with Crippen LogP contribution in [0.5, 0.6) is 0 Å². The molecular formula is C12H17N3O3. The Balaban J connectivity index is 3.11. The molecule has 0 unspecified atom stereocenters. The van der Waals surface area contributed by atoms with Gasteiger partial charge >= 0.3 is 5.97 Å². The number of rotatable bonds is 7. The van der Waals surface area contributed by atoms with Gasteiger partial charge in [0.2, 0.25) is 0 Å². The molecule has 1 aromatic rings. The predicted octanol–water partition coefficient (Wildman–Crippen LogP) is 1.12. The number of carboxylic acid groups (broad SMARTS) is 1. The summed E-state index contributed by atoms with van der Waals surface area (Å²) in [6, 6.07) is 0. The van der Waals surface area contributed by atoms with Crippen molar-refractivity contribution in [3.8, 4) is 0 Å². The molecule has 0 bridgehead atoms. The zero-order chi connectivity index (χ0) is 13.5. The van der Waals surface area contributed by atoms with Crippen LogP contribution in [-0.2, 0) is 4.74 Å². The quantitative estimate of drug-likeness (QED) is 0.732. The third-order valence-electron chi connectivity index (χ3n) is 2.33. The zero-order valence-corrected chi connectivity index (χ0v) is 10.6. The maximum atomic E-state index is 11.2. The number of hydrogen-bond acceptors (Lipinski definition) is 5. The summed E-state index contributed by atoms with van der Waals surface area (Å²) < 4.78 is 5.00. The molecule has 0 amide bonds. The highest BCUT2D eigenvalue weighted by molar-refractivity contribution is 5.93. The second kappa shape index (κ2) is 6.70. The monoisotopic (exact) mass is 251 g/mol. The molecule has 1 heterocycles. The van der Waals surface area contributed by atoms with Crippen molar-refractivity contribution in [3.63, 3.8) is 0 Å². The molecule has 0 spiro atoms. The van der Waals surface area contributed by atoms with E-state index in [4.69, 9.17) is 9.84 Å². The topological polar surface area (TPSA) is 75.5 Å². The lowest BCUT2D eigenvalue weighted by atomic mass is 10.2. The highest BCUT2D eigenvalue weighted by Gasteiger charge is 2.17. The largest absolute Gasteiger partial charge is 0.477 e. The summed E-state index contributed by atoms with van der Waals surface area (Å²) in [5.74, 6) is -0.120. The van der Waals surface area contributed by atoms with Crippen molar-refractivity contribution in [2.45, 2.75) is 6.92 Å². The van der Waals surface area contributed by atoms with Crippen molar-refractivity contribution in [1.29, 1.82) is 0 Å². The minimum atomic E-state index is -1.04. The lowest BCUT2D eigenvalue weighted by Crippen LogP contribution is -2.30. The van der Waals surface area contributed by atoms with Gasteiger partial charge in [-0.05, 0) is 6.92 Å². The third-order valence-corrected chi connectivity index (χ3v) is 2.33. The van der Waals surface area contributed by atoms with E-state index < -0.39 is 5.97 Å². The Morgan fingerprint density at radius 3 is 2.94 bits per heavy atom. The highest BCUT2D eigenvalue weighted by atomic mass is 16.5. The first kappa shape index (κ1) is 14.1. The molecule has 6 heteroatoms. The van der Waals surface area contributed by atoms with Crippen LogP contribution in [-0.4, -0.2) is 47.8 Å². The Morgan fingerprint density at radius 2 is 2.39 bits per heavy atom. The van der Waals surface area contributed by atoms with Gasteiger partial charge < -0.3 is 14.7 Å². The Labute approximate surface area is 106 Å². The lowest BCUT2D eigenvalue weighted by molar-refractivity contribution is 0.0696. The molecule has 1 rings (SSSR count). The van der Waals surface area contributed by atoms with Gasteiger partial charge in [-0.3, -0.25) is 0 Å². The van der Waals surface area contributed by atoms with Gasteiger partial charge in [0.1, 0.15) is 17.2 Å². The molecule has 0 aliphatic heterocycles. The van der Waals surface area contributed by atoms with Crippen LogP contribution in [0, 0.1) is 6.92 Å². The summed E-state index contributed by atoms with van der Waals surface area (Å²) >= 11 is 0. The van der Waals surface area contributed by atoms with Crippen LogP contribution >= 0.6 is 0 Å². The highest BCUT2D eigenvalue weighted by Crippen LogP contribution is 2.17. The van der Waals surface area contributed by atoms with Crippen molar-refractivity contribution in [3.05, 3.63) is 30.2 Å². The minimum absolute atomic E-state index is 0.0820. The number of aromatic nitrogens is 2. The Bertz CT molecular complexity index is 435. The van der Waals surface area contributed by atoms with Gasteiger partial charge in [-0.15, -0.1) is 6.58 Å². The van der Waals surface area contributed by atoms with Crippen molar-refractivity contribution >= 4 is 11.8 Å². The summed E-state index contributed by atoms with van der Waals surface area (Å²) in [6.45, 7) is 6.90. The molecule has 0 saturated carbocycles. The molecule has 0 aromatic carbocycles. The molecule has 1 aromatic heterocycles. The molecular weight excluding hydrogens is 234 g/mol. The van der Waals surface area contributed by atoms with Gasteiger partial charge in [0.15, 0.2) is 0 Å². The number of hydrogen-bond donors (Lipinski definition) is 1. The fourth-order valence-corrected chi connectivity index (χ4v) is 1.49. The van der Waals surface area contributed by atoms with E-state index in [0.29, 0.717) is 31.3 Å². The van der Waals surface area contributed by atoms with E-state index in [0.717, 1.165) is 0 Å². The molecule has 18 heavy (non-hydrogen) atoms. The van der Waals surface area contributed by atoms with E-state index in [-0.39, 0.29) is 5.56 Å². The summed E-state index contributed by atoms with van der Waals surface area (Å²) in [4.78, 5) is 21.1. The van der Waals surface area contributed by atoms with Crippen LogP contribution in [0.15, 0.2) is 18.9 Å². The van der Waals surface area contributed by atoms with E-state index in [1.807, 2.05) is 0 Å². The molecule has 98 valence electrons. The van der Waals surface area contributed by atoms with Crippen molar-refractivity contribution in [2.24, 2.45) is 0 Å². The number of ether oxygens (including phenoxy) is 1. The van der Waals surface area contributed by atoms with E-state index in [1.165, 1.54) is 6.20 Å². The smallest absolute Gasteiger partial charge is 0.341 e. The van der Waals surface area contributed by atoms with Gasteiger partial charge in [-0.25, -0.2) is 14.8 Å². The number of anilines is 1. The van der Waals surface area contributed by atoms with Crippen LogP contribution in [0.25, 0.3) is 0 Å². The molecule has 0 fully saturated rings. The Kier molecular flexibility index (Phi) is 5.26. The Hall–Kier alpha value is -1.95. The van der Waals surface area contributed by atoms with Gasteiger partial charge in [0.25, 0.3) is 0 Å². The number of aryl methyl sites for hydroxylation is 1. The first-order chi connectivity index (χ1) is 8.60. The average molecular weight is 251 g/mol. The number of methoxy groups -OCH3 is 1. The number of carbonyl (C=O) groups is 1. The average Bonchev–Trinajstić information content (AvgIpc) is 2.34. The predicted molar refractivity (Wildman–Crippen MR) is 68.0 cm³/mol. The minimum Gasteiger partial charge on any atom is -0.477 e. The van der Waals surface area contributed by atoms with Crippen molar-refractivity contribution in [1.82, 2.24) is 9.97 Å². The maximum Gasteiger partial charge on any atom is 0.341 e. The lowest BCUT2D eigenvalue weighted by Gasteiger charge is -2.23. The van der Waals surface area contributed by atoms with Gasteiger partial charge in [0.05, 0.1) is 6.61 Å². The van der Waals surface area contributed by atoms with Crippen LogP contribution in [0.3, 0.4) is 0 Å². The molecule has 1 N–H and O–H groups in total. The van der Waals surface area contributed by atoms with Gasteiger partial charge in [-0.1, -0.05) is 6.08 Å². The summed E-state index contributed by atoms with van der Waals surface area (Å²) in [7, 11) is 1.59. The third kappa shape index (κ3) is 3.53. The molecule has 0 atom stereocenters. The van der Waals surface area contributed by atoms with E-state index in [9.17, 15) is 4.79 Å². The molecule has 0 saturated heterocycles. The van der Waals surface area contributed by atoms with E-state index in [2.05, 4.69) is 16.5 Å². The standard InChI is InChI=1S/C12H17N3O3/c1-4-5-15(6-7-18-3)11-10(12(16)17)8-13-9(2)14-11/h4,8H,1,5-7H2,2-3H3,(H,16,17). The fraction of sp³-hybridized carbons (Fsp3) is 0.417. The van der Waals surface area contributed by atoms with Crippen molar-refractivity contribution in [2.75, 3.05) is 31.7 Å². The second-order valence-electron chi connectivity index (χ2n) is 3.69. The van der Waals surface area contributed by atoms with Crippen LogP contribution in [0.2, 0.25) is 0 Å². The summed E-state index contributed by atoms with van der Waals surface area (Å²) in [6.07, 6.45) is 3.02. The normalized spacial score (nSPS) is 10.1. The van der Waals surface area contributed by atoms with Crippen LogP contribution in [0.1, 0.15) is 16.2 Å². The first-order valence-corrected chi connectivity index (χ1v) is 5.51. The Morgan fingerprint density at radius 1 is 1.67 bits per heavy atom. The zero-order valence-electron chi connectivity index (χ0n) is 10.6. The molecule has 0 aliphatic rings. The van der Waals surface area contributed by atoms with Crippen LogP contribution in [0.4, 0.5) is 5.82 Å². The number of carboxylic acids is 1. The number of aromatic carboxylic acids is 1. The summed E-state index contributed by atoms with van der Waals surface area (Å²) in [5.41, 5.74) is 0.0820. The molecule has 0 aliphatic carbocycles. The van der Waals surface area contributed by atoms with Gasteiger partial charge in [0, 0.05) is 26.4 Å². The van der Waals surface area contributed by atoms with E-state index >= 15 is 0 Å². The molecule has 6 nitrogen and oxygen atoms in total. The first-order valence-electron chi connectivity index (χ1n) is 5.51. The van der Waals surface area contributed by atoms with Crippen LogP contribution < -0.4 is 4.90 Å².